The number of carbonyl (C=O) groups is 2. The molecule has 0 radical (unpaired) electrons. The summed E-state index contributed by atoms with van der Waals surface area (Å²) in [5.41, 5.74) is 0.634. The van der Waals surface area contributed by atoms with E-state index < -0.39 is 5.91 Å². The van der Waals surface area contributed by atoms with Crippen molar-refractivity contribution in [2.24, 2.45) is 7.05 Å². The molecule has 10 heteroatoms. The van der Waals surface area contributed by atoms with Gasteiger partial charge in [0.2, 0.25) is 0 Å². The number of amides is 2. The Balaban J connectivity index is 1.65. The first-order chi connectivity index (χ1) is 13.0. The molecule has 3 aromatic rings. The van der Waals surface area contributed by atoms with Crippen LogP contribution in [0.3, 0.4) is 0 Å². The average Bonchev–Trinajstić information content (AvgIpc) is 3.27. The number of nitrogens with one attached hydrogen (secondary N) is 2. The van der Waals surface area contributed by atoms with Crippen LogP contribution in [0.15, 0.2) is 47.2 Å². The van der Waals surface area contributed by atoms with Crippen LogP contribution in [-0.4, -0.2) is 38.4 Å². The van der Waals surface area contributed by atoms with E-state index >= 15 is 0 Å². The molecule has 9 nitrogen and oxygen atoms in total. The molecule has 2 N–H and O–H groups in total. The van der Waals surface area contributed by atoms with E-state index in [1.54, 1.807) is 25.5 Å². The molecule has 0 saturated carbocycles. The molecule has 1 aromatic carbocycles. The Kier molecular flexibility index (Phi) is 5.55. The van der Waals surface area contributed by atoms with Crippen LogP contribution in [0.1, 0.15) is 21.0 Å². The topological polar surface area (TPSA) is 103 Å². The lowest BCUT2D eigenvalue weighted by molar-refractivity contribution is 0.0958. The van der Waals surface area contributed by atoms with Gasteiger partial charge in [-0.25, -0.2) is 4.68 Å². The summed E-state index contributed by atoms with van der Waals surface area (Å²) >= 11 is 3.36. The number of halogens is 1. The van der Waals surface area contributed by atoms with Crippen LogP contribution in [0, 0.1) is 0 Å². The Bertz CT molecular complexity index is 963. The molecule has 3 rings (SSSR count). The zero-order chi connectivity index (χ0) is 19.4. The van der Waals surface area contributed by atoms with Crippen molar-refractivity contribution < 1.29 is 14.3 Å². The Labute approximate surface area is 163 Å². The van der Waals surface area contributed by atoms with Gasteiger partial charge in [-0.2, -0.15) is 10.2 Å². The molecule has 2 aromatic heterocycles. The molecule has 0 atom stereocenters. The van der Waals surface area contributed by atoms with E-state index in [0.717, 1.165) is 4.47 Å². The van der Waals surface area contributed by atoms with Crippen molar-refractivity contribution in [1.29, 1.82) is 0 Å². The maximum absolute atomic E-state index is 12.4. The van der Waals surface area contributed by atoms with Gasteiger partial charge in [-0.05, 0) is 30.3 Å². The van der Waals surface area contributed by atoms with Crippen molar-refractivity contribution in [3.63, 3.8) is 0 Å². The number of carbonyl (C=O) groups excluding carboxylic acids is 2. The van der Waals surface area contributed by atoms with Crippen LogP contribution in [-0.2, 0) is 13.8 Å². The van der Waals surface area contributed by atoms with Crippen LogP contribution in [0.5, 0.6) is 5.75 Å². The van der Waals surface area contributed by atoms with Gasteiger partial charge in [-0.3, -0.25) is 14.3 Å². The number of nitrogens with zero attached hydrogens (tertiary/aromatic N) is 4. The van der Waals surface area contributed by atoms with Gasteiger partial charge in [0.05, 0.1) is 5.69 Å². The number of hydrogen-bond acceptors (Lipinski definition) is 5. The second kappa shape index (κ2) is 8.04. The maximum atomic E-state index is 12.4. The van der Waals surface area contributed by atoms with Crippen molar-refractivity contribution in [3.8, 4) is 5.75 Å². The lowest BCUT2D eigenvalue weighted by atomic mass is 10.3. The fraction of sp³-hybridized carbons (Fsp3) is 0.176. The predicted molar refractivity (Wildman–Crippen MR) is 102 cm³/mol. The molecule has 140 valence electrons. The molecule has 0 spiro atoms. The zero-order valence-corrected chi connectivity index (χ0v) is 16.2. The second-order valence-corrected chi connectivity index (χ2v) is 6.48. The molecule has 0 unspecified atom stereocenters. The van der Waals surface area contributed by atoms with E-state index in [2.05, 4.69) is 36.8 Å². The molecule has 0 aliphatic rings. The number of ether oxygens (including phenoxy) is 1. The van der Waals surface area contributed by atoms with Gasteiger partial charge in [0, 0.05) is 31.0 Å². The lowest BCUT2D eigenvalue weighted by Crippen LogP contribution is -2.21. The van der Waals surface area contributed by atoms with E-state index in [0.29, 0.717) is 11.4 Å². The number of aryl methyl sites for hydroxylation is 1. The number of hydrogen-bond donors (Lipinski definition) is 2. The van der Waals surface area contributed by atoms with Crippen LogP contribution in [0.4, 0.5) is 5.69 Å². The monoisotopic (exact) mass is 432 g/mol. The van der Waals surface area contributed by atoms with Crippen LogP contribution < -0.4 is 15.4 Å². The molecule has 27 heavy (non-hydrogen) atoms. The minimum atomic E-state index is -0.449. The fourth-order valence-electron chi connectivity index (χ4n) is 2.28. The first-order valence-corrected chi connectivity index (χ1v) is 8.74. The van der Waals surface area contributed by atoms with Crippen molar-refractivity contribution >= 4 is 33.4 Å². The van der Waals surface area contributed by atoms with Gasteiger partial charge in [0.15, 0.2) is 18.1 Å². The minimum Gasteiger partial charge on any atom is -0.471 e. The summed E-state index contributed by atoms with van der Waals surface area (Å²) in [6, 6.07) is 8.95. The molecule has 0 saturated heterocycles. The predicted octanol–water partition coefficient (Wildman–Crippen LogP) is 2.03. The lowest BCUT2D eigenvalue weighted by Gasteiger charge is -2.06. The Morgan fingerprint density at radius 1 is 1.15 bits per heavy atom. The standard InChI is InChI=1S/C17H17BrN6O3/c1-19-17(26)15-14(9-23(2)22-15)20-16(25)13-7-8-24(21-13)10-27-12-5-3-11(18)4-6-12/h3-9H,10H2,1-2H3,(H,19,26)(H,20,25). The number of aromatic nitrogens is 4. The van der Waals surface area contributed by atoms with Gasteiger partial charge in [-0.15, -0.1) is 0 Å². The van der Waals surface area contributed by atoms with Crippen LogP contribution in [0.2, 0.25) is 0 Å². The molecule has 0 aliphatic carbocycles. The highest BCUT2D eigenvalue weighted by Gasteiger charge is 2.18. The van der Waals surface area contributed by atoms with Gasteiger partial charge >= 0.3 is 0 Å². The molecule has 0 bridgehead atoms. The van der Waals surface area contributed by atoms with Gasteiger partial charge in [0.1, 0.15) is 5.75 Å². The first kappa shape index (κ1) is 18.6. The Hall–Kier alpha value is -3.14. The molecule has 0 aliphatic heterocycles. The van der Waals surface area contributed by atoms with Gasteiger partial charge < -0.3 is 15.4 Å². The smallest absolute Gasteiger partial charge is 0.276 e. The summed E-state index contributed by atoms with van der Waals surface area (Å²) in [5.74, 6) is -0.153. The van der Waals surface area contributed by atoms with Crippen LogP contribution in [0.25, 0.3) is 0 Å². The van der Waals surface area contributed by atoms with E-state index in [1.807, 2.05) is 24.3 Å². The summed E-state index contributed by atoms with van der Waals surface area (Å²) in [5, 5.41) is 13.4. The number of benzene rings is 1. The van der Waals surface area contributed by atoms with Crippen molar-refractivity contribution in [2.75, 3.05) is 12.4 Å². The summed E-state index contributed by atoms with van der Waals surface area (Å²) in [6.07, 6.45) is 3.19. The summed E-state index contributed by atoms with van der Waals surface area (Å²) in [6.45, 7) is 0.158. The molecule has 2 amide bonds. The van der Waals surface area contributed by atoms with Crippen molar-refractivity contribution in [1.82, 2.24) is 24.9 Å². The SMILES string of the molecule is CNC(=O)c1nn(C)cc1NC(=O)c1ccn(COc2ccc(Br)cc2)n1. The summed E-state index contributed by atoms with van der Waals surface area (Å²) in [4.78, 5) is 24.2. The third-order valence-corrected chi connectivity index (χ3v) is 4.10. The largest absolute Gasteiger partial charge is 0.471 e. The van der Waals surface area contributed by atoms with Gasteiger partial charge in [0.25, 0.3) is 11.8 Å². The summed E-state index contributed by atoms with van der Waals surface area (Å²) < 4.78 is 9.52. The molecular formula is C17H17BrN6O3. The highest BCUT2D eigenvalue weighted by atomic mass is 79.9. The van der Waals surface area contributed by atoms with E-state index in [9.17, 15) is 9.59 Å². The second-order valence-electron chi connectivity index (χ2n) is 5.57. The van der Waals surface area contributed by atoms with Gasteiger partial charge in [-0.1, -0.05) is 15.9 Å². The average molecular weight is 433 g/mol. The van der Waals surface area contributed by atoms with Crippen molar-refractivity contribution in [2.45, 2.75) is 6.73 Å². The molecule has 2 heterocycles. The number of anilines is 1. The third kappa shape index (κ3) is 4.53. The molecular weight excluding hydrogens is 416 g/mol. The quantitative estimate of drug-likeness (QED) is 0.620. The maximum Gasteiger partial charge on any atom is 0.276 e. The normalized spacial score (nSPS) is 10.5. The third-order valence-electron chi connectivity index (χ3n) is 3.57. The molecule has 0 fully saturated rings. The first-order valence-electron chi connectivity index (χ1n) is 7.95. The summed E-state index contributed by atoms with van der Waals surface area (Å²) in [7, 11) is 3.16. The van der Waals surface area contributed by atoms with Crippen LogP contribution >= 0.6 is 15.9 Å². The highest BCUT2D eigenvalue weighted by molar-refractivity contribution is 9.10. The van der Waals surface area contributed by atoms with E-state index in [1.165, 1.54) is 16.4 Å². The Morgan fingerprint density at radius 3 is 2.59 bits per heavy atom. The Morgan fingerprint density at radius 2 is 1.89 bits per heavy atom. The number of rotatable bonds is 6. The zero-order valence-electron chi connectivity index (χ0n) is 14.6. The highest BCUT2D eigenvalue weighted by Crippen LogP contribution is 2.17. The van der Waals surface area contributed by atoms with Crippen molar-refractivity contribution in [3.05, 3.63) is 58.6 Å². The fourth-order valence-corrected chi connectivity index (χ4v) is 2.54. The minimum absolute atomic E-state index is 0.131. The van der Waals surface area contributed by atoms with E-state index in [-0.39, 0.29) is 24.0 Å². The van der Waals surface area contributed by atoms with E-state index in [4.69, 9.17) is 4.74 Å².